The predicted molar refractivity (Wildman–Crippen MR) is 273 cm³/mol. The normalized spacial score (nSPS) is 18.1. The first-order chi connectivity index (χ1) is 28.9. The summed E-state index contributed by atoms with van der Waals surface area (Å²) >= 11 is 0. The lowest BCUT2D eigenvalue weighted by molar-refractivity contribution is 0.271. The summed E-state index contributed by atoms with van der Waals surface area (Å²) in [6.07, 6.45) is 9.86. The van der Waals surface area contributed by atoms with Crippen molar-refractivity contribution in [1.82, 2.24) is 0 Å². The molecule has 1 fully saturated rings. The Morgan fingerprint density at radius 2 is 0.508 bits per heavy atom. The van der Waals surface area contributed by atoms with Crippen molar-refractivity contribution in [2.75, 3.05) is 0 Å². The molecule has 6 nitrogen and oxygen atoms in total. The third kappa shape index (κ3) is 14.6. The van der Waals surface area contributed by atoms with Crippen LogP contribution in [0.1, 0.15) is 234 Å². The zero-order chi connectivity index (χ0) is 47.5. The molecule has 9 heteroatoms. The van der Waals surface area contributed by atoms with Gasteiger partial charge in [-0.2, -0.15) is 0 Å². The third-order valence-corrected chi connectivity index (χ3v) is 15.8. The lowest BCUT2D eigenvalue weighted by Crippen LogP contribution is -2.22. The summed E-state index contributed by atoms with van der Waals surface area (Å²) in [4.78, 5) is 0. The molecule has 0 spiro atoms. The van der Waals surface area contributed by atoms with Crippen molar-refractivity contribution in [2.45, 2.75) is 236 Å². The Labute approximate surface area is 390 Å². The van der Waals surface area contributed by atoms with Crippen LogP contribution in [0.3, 0.4) is 0 Å². The van der Waals surface area contributed by atoms with Crippen molar-refractivity contribution in [1.29, 1.82) is 0 Å². The van der Waals surface area contributed by atoms with E-state index in [1.165, 1.54) is 16.7 Å². The van der Waals surface area contributed by atoms with Crippen molar-refractivity contribution in [3.8, 4) is 17.2 Å². The Hall–Kier alpha value is -1.77. The maximum atomic E-state index is 7.20. The van der Waals surface area contributed by atoms with Crippen molar-refractivity contribution < 1.29 is 26.5 Å². The lowest BCUT2D eigenvalue weighted by Gasteiger charge is -2.37. The Morgan fingerprint density at radius 3 is 0.651 bits per heavy atom. The molecule has 0 aliphatic carbocycles. The fourth-order valence-corrected chi connectivity index (χ4v) is 12.1. The van der Waals surface area contributed by atoms with Gasteiger partial charge < -0.3 is 13.6 Å². The Bertz CT molecular complexity index is 1640. The molecular weight excluding hydrogens is 838 g/mol. The van der Waals surface area contributed by atoms with E-state index in [0.717, 1.165) is 108 Å². The molecule has 1 aliphatic heterocycles. The molecule has 1 saturated heterocycles. The highest BCUT2D eigenvalue weighted by Crippen LogP contribution is 2.73. The van der Waals surface area contributed by atoms with Crippen molar-refractivity contribution in [2.24, 2.45) is 0 Å². The summed E-state index contributed by atoms with van der Waals surface area (Å²) in [5.41, 5.74) is 9.52. The zero-order valence-electron chi connectivity index (χ0n) is 43.6. The zero-order valence-corrected chi connectivity index (χ0v) is 46.3. The summed E-state index contributed by atoms with van der Waals surface area (Å²) in [6, 6.07) is 14.0. The standard InChI is InChI=1S/C54H87O6P3/c1-22-25-28-37-31-40(49(4,5)6)46(41(32-37)50(7,8)9)55-61-58-62(56-47-42(51(10,11)12)33-38(29-26-23-2)34-43(47)52(13,14)15)60-63(59-61)57-48-44(53(16,17)18)35-39(30-27-24-3)36-45(48)54(19,20)21/h31-36H,22-30H2,1-21H3. The third-order valence-electron chi connectivity index (χ3n) is 11.6. The Kier molecular flexibility index (Phi) is 18.0. The molecule has 0 aromatic heterocycles. The fourth-order valence-electron chi connectivity index (χ4n) is 7.81. The molecule has 63 heavy (non-hydrogen) atoms. The van der Waals surface area contributed by atoms with E-state index in [0.29, 0.717) is 0 Å². The van der Waals surface area contributed by atoms with Gasteiger partial charge in [0.05, 0.1) is 0 Å². The van der Waals surface area contributed by atoms with E-state index >= 15 is 0 Å². The second-order valence-corrected chi connectivity index (χ2v) is 27.9. The minimum absolute atomic E-state index is 0.215. The lowest BCUT2D eigenvalue weighted by atomic mass is 9.78. The van der Waals surface area contributed by atoms with E-state index in [2.05, 4.69) is 182 Å². The van der Waals surface area contributed by atoms with E-state index in [1.54, 1.807) is 0 Å². The number of unbranched alkanes of at least 4 members (excludes halogenated alkanes) is 3. The average Bonchev–Trinajstić information content (AvgIpc) is 3.13. The van der Waals surface area contributed by atoms with Gasteiger partial charge >= 0.3 is 25.8 Å². The van der Waals surface area contributed by atoms with E-state index in [1.807, 2.05) is 0 Å². The second-order valence-electron chi connectivity index (χ2n) is 24.1. The first-order valence-electron chi connectivity index (χ1n) is 23.9. The molecular formula is C54H87O6P3. The van der Waals surface area contributed by atoms with Crippen LogP contribution in [0.15, 0.2) is 36.4 Å². The second kappa shape index (κ2) is 21.0. The SMILES string of the molecule is CCCCc1cc(C(C)(C)C)c(OP2OP(Oc3c(C(C)(C)C)cc(CCCC)cc3C(C)(C)C)OP(Oc3c(C(C)(C)C)cc(CCCC)cc3C(C)(C)C)O2)c(C(C)(C)C)c1. The number of benzene rings is 3. The van der Waals surface area contributed by atoms with Crippen LogP contribution in [0.5, 0.6) is 17.2 Å². The van der Waals surface area contributed by atoms with Gasteiger partial charge in [0, 0.05) is 33.4 Å². The predicted octanol–water partition coefficient (Wildman–Crippen LogP) is 18.8. The number of hydrogen-bond acceptors (Lipinski definition) is 6. The molecule has 0 radical (unpaired) electrons. The van der Waals surface area contributed by atoms with Gasteiger partial charge in [-0.25, -0.2) is 12.9 Å². The van der Waals surface area contributed by atoms with E-state index < -0.39 is 25.8 Å². The topological polar surface area (TPSA) is 55.4 Å². The smallest absolute Gasteiger partial charge is 0.413 e. The average molecular weight is 925 g/mol. The van der Waals surface area contributed by atoms with Crippen LogP contribution in [-0.4, -0.2) is 0 Å². The fraction of sp³-hybridized carbons (Fsp3) is 0.667. The number of rotatable bonds is 15. The van der Waals surface area contributed by atoms with Crippen molar-refractivity contribution >= 4 is 25.8 Å². The monoisotopic (exact) mass is 925 g/mol. The van der Waals surface area contributed by atoms with Crippen LogP contribution in [0, 0.1) is 0 Å². The van der Waals surface area contributed by atoms with Gasteiger partial charge in [-0.15, -0.1) is 0 Å². The molecule has 1 aliphatic rings. The van der Waals surface area contributed by atoms with Gasteiger partial charge in [0.1, 0.15) is 17.2 Å². The van der Waals surface area contributed by atoms with Gasteiger partial charge in [-0.1, -0.05) is 201 Å². The molecule has 3 aromatic rings. The highest BCUT2D eigenvalue weighted by atomic mass is 31.3. The van der Waals surface area contributed by atoms with E-state index in [9.17, 15) is 0 Å². The maximum absolute atomic E-state index is 7.20. The first kappa shape index (κ1) is 53.8. The van der Waals surface area contributed by atoms with Crippen molar-refractivity contribution in [3.63, 3.8) is 0 Å². The molecule has 0 amide bonds. The number of aryl methyl sites for hydroxylation is 3. The van der Waals surface area contributed by atoms with Crippen LogP contribution in [-0.2, 0) is 64.7 Å². The largest absolute Gasteiger partial charge is 0.426 e. The van der Waals surface area contributed by atoms with E-state index in [-0.39, 0.29) is 32.5 Å². The number of hydrogen-bond donors (Lipinski definition) is 0. The van der Waals surface area contributed by atoms with Crippen LogP contribution < -0.4 is 13.6 Å². The van der Waals surface area contributed by atoms with E-state index in [4.69, 9.17) is 26.5 Å². The summed E-state index contributed by atoms with van der Waals surface area (Å²) in [5.74, 6) is 2.43. The summed E-state index contributed by atoms with van der Waals surface area (Å²) in [7, 11) is -6.19. The van der Waals surface area contributed by atoms with Crippen LogP contribution in [0.2, 0.25) is 0 Å². The highest BCUT2D eigenvalue weighted by Gasteiger charge is 2.45. The Morgan fingerprint density at radius 1 is 0.333 bits per heavy atom. The molecule has 354 valence electrons. The van der Waals surface area contributed by atoms with Gasteiger partial charge in [-0.3, -0.25) is 0 Å². The molecule has 0 N–H and O–H groups in total. The molecule has 1 heterocycles. The van der Waals surface area contributed by atoms with Gasteiger partial charge in [0.2, 0.25) is 0 Å². The molecule has 0 bridgehead atoms. The summed E-state index contributed by atoms with van der Waals surface area (Å²) in [6.45, 7) is 47.4. The molecule has 0 saturated carbocycles. The highest BCUT2D eigenvalue weighted by molar-refractivity contribution is 7.69. The molecule has 0 unspecified atom stereocenters. The first-order valence-corrected chi connectivity index (χ1v) is 27.2. The van der Waals surface area contributed by atoms with Crippen molar-refractivity contribution in [3.05, 3.63) is 86.5 Å². The van der Waals surface area contributed by atoms with Crippen LogP contribution >= 0.6 is 25.8 Å². The van der Waals surface area contributed by atoms with Crippen LogP contribution in [0.25, 0.3) is 0 Å². The van der Waals surface area contributed by atoms with Gasteiger partial charge in [0.25, 0.3) is 0 Å². The minimum Gasteiger partial charge on any atom is -0.426 e. The quantitative estimate of drug-likeness (QED) is 0.142. The summed E-state index contributed by atoms with van der Waals surface area (Å²) < 4.78 is 42.2. The van der Waals surface area contributed by atoms with Crippen LogP contribution in [0.4, 0.5) is 0 Å². The molecule has 0 atom stereocenters. The minimum atomic E-state index is -2.06. The van der Waals surface area contributed by atoms with Gasteiger partial charge in [-0.05, 0) is 87.7 Å². The molecule has 4 rings (SSSR count). The maximum Gasteiger partial charge on any atom is 0.413 e. The summed E-state index contributed by atoms with van der Waals surface area (Å²) in [5, 5.41) is 0. The van der Waals surface area contributed by atoms with Gasteiger partial charge in [0.15, 0.2) is 0 Å². The molecule has 3 aromatic carbocycles. The Balaban J connectivity index is 1.97.